The van der Waals surface area contributed by atoms with Crippen LogP contribution in [0.4, 0.5) is 0 Å². The Morgan fingerprint density at radius 2 is 1.09 bits per heavy atom. The Balaban J connectivity index is 1.87. The van der Waals surface area contributed by atoms with Crippen molar-refractivity contribution in [1.82, 2.24) is 0 Å². The first-order valence-corrected chi connectivity index (χ1v) is 17.4. The van der Waals surface area contributed by atoms with Gasteiger partial charge in [0.1, 0.15) is 18.1 Å². The van der Waals surface area contributed by atoms with Gasteiger partial charge in [-0.25, -0.2) is 14.4 Å². The Kier molecular flexibility index (Phi) is 14.9. The van der Waals surface area contributed by atoms with E-state index in [0.29, 0.717) is 0 Å². The summed E-state index contributed by atoms with van der Waals surface area (Å²) in [5, 5.41) is -1.26. The molecule has 0 N–H and O–H groups in total. The zero-order chi connectivity index (χ0) is 39.5. The molecule has 2 heterocycles. The predicted molar refractivity (Wildman–Crippen MR) is 182 cm³/mol. The van der Waals surface area contributed by atoms with Crippen LogP contribution < -0.4 is 0 Å². The van der Waals surface area contributed by atoms with Gasteiger partial charge in [0.2, 0.25) is 0 Å². The van der Waals surface area contributed by atoms with E-state index < -0.39 is 108 Å². The molecule has 2 aromatic rings. The Bertz CT molecular complexity index is 1650. The summed E-state index contributed by atoms with van der Waals surface area (Å²) < 4.78 is 56.6. The second-order valence-electron chi connectivity index (χ2n) is 11.8. The maximum Gasteiger partial charge on any atom is 0.339 e. The van der Waals surface area contributed by atoms with Crippen LogP contribution in [0.1, 0.15) is 48.4 Å². The molecule has 0 spiro atoms. The van der Waals surface area contributed by atoms with Crippen LogP contribution >= 0.6 is 11.8 Å². The van der Waals surface area contributed by atoms with Crippen LogP contribution in [0.15, 0.2) is 60.7 Å². The second kappa shape index (κ2) is 19.3. The van der Waals surface area contributed by atoms with E-state index >= 15 is 0 Å². The van der Waals surface area contributed by atoms with Gasteiger partial charge >= 0.3 is 41.8 Å². The molecule has 2 aromatic carbocycles. The molecule has 54 heavy (non-hydrogen) atoms. The summed E-state index contributed by atoms with van der Waals surface area (Å²) in [6, 6.07) is 15.8. The maximum atomic E-state index is 13.7. The number of carbonyl (C=O) groups is 7. The molecule has 0 aliphatic carbocycles. The van der Waals surface area contributed by atoms with Crippen molar-refractivity contribution in [2.24, 2.45) is 0 Å². The van der Waals surface area contributed by atoms with Gasteiger partial charge in [0.25, 0.3) is 0 Å². The van der Waals surface area contributed by atoms with Crippen molar-refractivity contribution in [2.45, 2.75) is 87.4 Å². The lowest BCUT2D eigenvalue weighted by Gasteiger charge is -2.48. The van der Waals surface area contributed by atoms with Crippen LogP contribution in [-0.4, -0.2) is 122 Å². The van der Waals surface area contributed by atoms with E-state index in [0.717, 1.165) is 46.6 Å². The average Bonchev–Trinajstić information content (AvgIpc) is 3.14. The normalized spacial score (nSPS) is 27.7. The standard InChI is InChI=1S/C36H40O17S/c1-18(37)46-17-24-31(54-36-30(49-21(4)40)26(48-20(3)39)25(47-19(2)38)28(53-36)34(43)44-5)27(51-32(41)22-13-9-7-10-14-22)29(35(45-6)50-24)52-33(42)23-15-11-8-12-16-23/h7-16,24-31,35-36H,17H2,1-6H3/t24-,25+,26+,27-,28+,29-,30-,31-,35+,36+/m1/s1. The number of hydrogen-bond donors (Lipinski definition) is 0. The quantitative estimate of drug-likeness (QED) is 0.211. The second-order valence-corrected chi connectivity index (χ2v) is 13.1. The number of esters is 7. The molecule has 2 fully saturated rings. The molecule has 4 rings (SSSR count). The highest BCUT2D eigenvalue weighted by molar-refractivity contribution is 8.00. The van der Waals surface area contributed by atoms with Gasteiger partial charge in [-0.05, 0) is 24.3 Å². The Labute approximate surface area is 314 Å². The number of ether oxygens (including phenoxy) is 10. The molecule has 18 heteroatoms. The molecule has 0 aromatic heterocycles. The first kappa shape index (κ1) is 41.7. The predicted octanol–water partition coefficient (Wildman–Crippen LogP) is 2.17. The fraction of sp³-hybridized carbons (Fsp3) is 0.472. The molecular weight excluding hydrogens is 736 g/mol. The summed E-state index contributed by atoms with van der Waals surface area (Å²) in [5.74, 6) is -6.15. The molecule has 2 aliphatic rings. The van der Waals surface area contributed by atoms with E-state index in [2.05, 4.69) is 0 Å². The van der Waals surface area contributed by atoms with Gasteiger partial charge in [-0.3, -0.25) is 19.2 Å². The fourth-order valence-electron chi connectivity index (χ4n) is 5.70. The highest BCUT2D eigenvalue weighted by Crippen LogP contribution is 2.42. The summed E-state index contributed by atoms with van der Waals surface area (Å²) >= 11 is 0.740. The van der Waals surface area contributed by atoms with Crippen molar-refractivity contribution in [3.05, 3.63) is 71.8 Å². The van der Waals surface area contributed by atoms with Crippen LogP contribution in [0.25, 0.3) is 0 Å². The van der Waals surface area contributed by atoms with Gasteiger partial charge in [-0.15, -0.1) is 11.8 Å². The number of carbonyl (C=O) groups excluding carboxylic acids is 7. The molecule has 0 amide bonds. The van der Waals surface area contributed by atoms with Crippen LogP contribution in [0, 0.1) is 0 Å². The highest BCUT2D eigenvalue weighted by Gasteiger charge is 2.58. The van der Waals surface area contributed by atoms with Gasteiger partial charge in [0, 0.05) is 34.8 Å². The zero-order valence-corrected chi connectivity index (χ0v) is 30.9. The zero-order valence-electron chi connectivity index (χ0n) is 30.1. The minimum Gasteiger partial charge on any atom is -0.467 e. The number of hydrogen-bond acceptors (Lipinski definition) is 18. The van der Waals surface area contributed by atoms with Crippen LogP contribution in [0.5, 0.6) is 0 Å². The van der Waals surface area contributed by atoms with Crippen LogP contribution in [-0.2, 0) is 71.3 Å². The number of methoxy groups -OCH3 is 2. The molecule has 2 saturated heterocycles. The first-order chi connectivity index (χ1) is 25.7. The Morgan fingerprint density at radius 1 is 0.593 bits per heavy atom. The minimum absolute atomic E-state index is 0.114. The third-order valence-corrected chi connectivity index (χ3v) is 9.44. The summed E-state index contributed by atoms with van der Waals surface area (Å²) in [7, 11) is 2.29. The van der Waals surface area contributed by atoms with E-state index in [1.807, 2.05) is 0 Å². The van der Waals surface area contributed by atoms with Crippen molar-refractivity contribution in [3.63, 3.8) is 0 Å². The third-order valence-electron chi connectivity index (χ3n) is 7.91. The summed E-state index contributed by atoms with van der Waals surface area (Å²) in [5.41, 5.74) is -1.27. The lowest BCUT2D eigenvalue weighted by molar-refractivity contribution is -0.260. The maximum absolute atomic E-state index is 13.7. The summed E-state index contributed by atoms with van der Waals surface area (Å²) in [4.78, 5) is 89.5. The molecule has 2 aliphatic heterocycles. The monoisotopic (exact) mass is 776 g/mol. The summed E-state index contributed by atoms with van der Waals surface area (Å²) in [6.45, 7) is 3.81. The number of thioether (sulfide) groups is 1. The van der Waals surface area contributed by atoms with Gasteiger partial charge in [0.05, 0.1) is 23.5 Å². The summed E-state index contributed by atoms with van der Waals surface area (Å²) in [6.07, 6.45) is -12.3. The van der Waals surface area contributed by atoms with Crippen molar-refractivity contribution in [3.8, 4) is 0 Å². The molecule has 0 radical (unpaired) electrons. The van der Waals surface area contributed by atoms with Gasteiger partial charge in [-0.1, -0.05) is 36.4 Å². The van der Waals surface area contributed by atoms with Gasteiger partial charge in [0.15, 0.2) is 42.9 Å². The lowest BCUT2D eigenvalue weighted by Crippen LogP contribution is -2.65. The number of benzene rings is 2. The Hall–Kier alpha value is -5.04. The minimum atomic E-state index is -1.76. The van der Waals surface area contributed by atoms with Crippen LogP contribution in [0.2, 0.25) is 0 Å². The Morgan fingerprint density at radius 3 is 1.57 bits per heavy atom. The van der Waals surface area contributed by atoms with Crippen molar-refractivity contribution in [1.29, 1.82) is 0 Å². The van der Waals surface area contributed by atoms with Gasteiger partial charge in [-0.2, -0.15) is 0 Å². The van der Waals surface area contributed by atoms with Gasteiger partial charge < -0.3 is 47.4 Å². The van der Waals surface area contributed by atoms with Crippen LogP contribution in [0.3, 0.4) is 0 Å². The molecule has 292 valence electrons. The van der Waals surface area contributed by atoms with Crippen molar-refractivity contribution < 1.29 is 80.9 Å². The smallest absolute Gasteiger partial charge is 0.339 e. The van der Waals surface area contributed by atoms with E-state index in [9.17, 15) is 33.6 Å². The first-order valence-electron chi connectivity index (χ1n) is 16.5. The van der Waals surface area contributed by atoms with E-state index in [1.54, 1.807) is 36.4 Å². The highest BCUT2D eigenvalue weighted by atomic mass is 32.2. The SMILES string of the molecule is COC(=O)[C@H]1O[C@@H](S[C@H]2[C@H](OC(=O)c3ccccc3)[C@@H](OC(=O)c3ccccc3)[C@@H](OC)O[C@@H]2COC(C)=O)[C@H](OC(C)=O)[C@@H](OC(C)=O)[C@@H]1OC(C)=O. The molecular formula is C36H40O17S. The van der Waals surface area contributed by atoms with Crippen molar-refractivity contribution in [2.75, 3.05) is 20.8 Å². The molecule has 0 bridgehead atoms. The third kappa shape index (κ3) is 10.8. The molecule has 17 nitrogen and oxygen atoms in total. The largest absolute Gasteiger partial charge is 0.467 e. The fourth-order valence-corrected chi connectivity index (χ4v) is 7.24. The lowest BCUT2D eigenvalue weighted by atomic mass is 9.98. The topological polar surface area (TPSA) is 212 Å². The molecule has 10 atom stereocenters. The molecule has 0 unspecified atom stereocenters. The molecule has 0 saturated carbocycles. The van der Waals surface area contributed by atoms with Crippen molar-refractivity contribution >= 4 is 53.5 Å². The van der Waals surface area contributed by atoms with E-state index in [1.165, 1.54) is 31.4 Å². The average molecular weight is 777 g/mol. The van der Waals surface area contributed by atoms with E-state index in [4.69, 9.17) is 47.4 Å². The van der Waals surface area contributed by atoms with E-state index in [-0.39, 0.29) is 11.1 Å². The number of rotatable bonds is 13.